The molecule has 0 heterocycles. The van der Waals surface area contributed by atoms with Gasteiger partial charge < -0.3 is 9.47 Å². The van der Waals surface area contributed by atoms with Crippen LogP contribution in [0.15, 0.2) is 112 Å². The van der Waals surface area contributed by atoms with E-state index in [1.807, 2.05) is 31.2 Å². The summed E-state index contributed by atoms with van der Waals surface area (Å²) in [4.78, 5) is 3.85. The van der Waals surface area contributed by atoms with Crippen LogP contribution in [-0.2, 0) is 15.6 Å². The minimum atomic E-state index is -0.357. The van der Waals surface area contributed by atoms with E-state index < -0.39 is 0 Å². The van der Waals surface area contributed by atoms with E-state index in [0.29, 0.717) is 0 Å². The lowest BCUT2D eigenvalue weighted by Crippen LogP contribution is -2.13. The van der Waals surface area contributed by atoms with Crippen molar-refractivity contribution in [2.24, 2.45) is 0 Å². The molecule has 1 unspecified atom stereocenters. The molecule has 2 nitrogen and oxygen atoms in total. The summed E-state index contributed by atoms with van der Waals surface area (Å²) in [6, 6.07) is 29.4. The minimum Gasteiger partial charge on any atom is -0.463 e. The van der Waals surface area contributed by atoms with Crippen molar-refractivity contribution in [3.05, 3.63) is 97.8 Å². The third-order valence-corrected chi connectivity index (χ3v) is 5.84. The lowest BCUT2D eigenvalue weighted by atomic mass is 10.3. The molecule has 0 saturated heterocycles. The highest BCUT2D eigenvalue weighted by molar-refractivity contribution is 7.97. The predicted octanol–water partition coefficient (Wildman–Crippen LogP) is 5.67. The van der Waals surface area contributed by atoms with Gasteiger partial charge in [-0.25, -0.2) is 0 Å². The van der Waals surface area contributed by atoms with Gasteiger partial charge in [-0.15, -0.1) is 0 Å². The smallest absolute Gasteiger partial charge is 0.237 e. The van der Waals surface area contributed by atoms with Gasteiger partial charge in [-0.05, 0) is 48.5 Å². The number of ether oxygens (including phenoxy) is 2. The molecule has 0 bridgehead atoms. The summed E-state index contributed by atoms with van der Waals surface area (Å²) in [6.45, 7) is 5.39. The van der Waals surface area contributed by atoms with Crippen LogP contribution >= 0.6 is 0 Å². The highest BCUT2D eigenvalue weighted by Gasteiger charge is 2.28. The summed E-state index contributed by atoms with van der Waals surface area (Å²) in [5, 5.41) is 0. The standard InChI is InChI=1S/C22H21O2S/c1-3-23-18(2)24-19-14-16-22(17-15-19)25(20-10-6-4-7-11-20)21-12-8-5-9-13-21/h3-18H,1H2,2H3/q+1. The van der Waals surface area contributed by atoms with Gasteiger partial charge in [0.25, 0.3) is 0 Å². The maximum atomic E-state index is 5.71. The molecule has 3 rings (SSSR count). The Bertz CT molecular complexity index is 746. The molecule has 0 amide bonds. The maximum absolute atomic E-state index is 5.71. The van der Waals surface area contributed by atoms with Crippen LogP contribution in [0, 0.1) is 0 Å². The first-order valence-corrected chi connectivity index (χ1v) is 9.38. The second-order valence-corrected chi connectivity index (χ2v) is 7.42. The van der Waals surface area contributed by atoms with Gasteiger partial charge in [-0.1, -0.05) is 43.0 Å². The van der Waals surface area contributed by atoms with Crippen molar-refractivity contribution in [2.45, 2.75) is 27.9 Å². The summed E-state index contributed by atoms with van der Waals surface area (Å²) in [5.41, 5.74) is 0. The Kier molecular flexibility index (Phi) is 5.81. The fourth-order valence-corrected chi connectivity index (χ4v) is 4.61. The molecule has 0 saturated carbocycles. The zero-order valence-electron chi connectivity index (χ0n) is 14.2. The van der Waals surface area contributed by atoms with Crippen molar-refractivity contribution in [3.8, 4) is 5.75 Å². The van der Waals surface area contributed by atoms with Gasteiger partial charge in [0.1, 0.15) is 5.75 Å². The van der Waals surface area contributed by atoms with Gasteiger partial charge in [0.15, 0.2) is 14.7 Å². The molecule has 3 heteroatoms. The summed E-state index contributed by atoms with van der Waals surface area (Å²) in [7, 11) is -0.142. The zero-order valence-corrected chi connectivity index (χ0v) is 15.0. The van der Waals surface area contributed by atoms with E-state index in [0.717, 1.165) is 5.75 Å². The van der Waals surface area contributed by atoms with E-state index in [1.165, 1.54) is 20.9 Å². The molecule has 0 aliphatic carbocycles. The lowest BCUT2D eigenvalue weighted by molar-refractivity contribution is -0.0132. The normalized spacial score (nSPS) is 11.8. The summed E-state index contributed by atoms with van der Waals surface area (Å²) in [5.74, 6) is 0.780. The fourth-order valence-electron chi connectivity index (χ4n) is 2.53. The van der Waals surface area contributed by atoms with E-state index in [-0.39, 0.29) is 17.2 Å². The first-order valence-electron chi connectivity index (χ1n) is 8.15. The Labute approximate surface area is 152 Å². The van der Waals surface area contributed by atoms with Crippen LogP contribution in [0.3, 0.4) is 0 Å². The van der Waals surface area contributed by atoms with Gasteiger partial charge in [-0.3, -0.25) is 0 Å². The third-order valence-electron chi connectivity index (χ3n) is 3.61. The molecular formula is C22H21O2S+. The molecule has 0 aliphatic heterocycles. The van der Waals surface area contributed by atoms with Crippen molar-refractivity contribution >= 4 is 10.9 Å². The Morgan fingerprint density at radius 2 is 1.24 bits per heavy atom. The highest BCUT2D eigenvalue weighted by atomic mass is 32.2. The van der Waals surface area contributed by atoms with Crippen LogP contribution < -0.4 is 4.74 Å². The Morgan fingerprint density at radius 3 is 1.72 bits per heavy atom. The molecule has 1 atom stereocenters. The van der Waals surface area contributed by atoms with Crippen molar-refractivity contribution in [2.75, 3.05) is 0 Å². The molecule has 0 aromatic heterocycles. The summed E-state index contributed by atoms with van der Waals surface area (Å²) >= 11 is 0. The van der Waals surface area contributed by atoms with E-state index in [2.05, 4.69) is 67.2 Å². The Morgan fingerprint density at radius 1 is 0.760 bits per heavy atom. The number of hydrogen-bond acceptors (Lipinski definition) is 2. The van der Waals surface area contributed by atoms with Gasteiger partial charge >= 0.3 is 0 Å². The van der Waals surface area contributed by atoms with Crippen molar-refractivity contribution in [3.63, 3.8) is 0 Å². The largest absolute Gasteiger partial charge is 0.463 e. The van der Waals surface area contributed by atoms with Gasteiger partial charge in [0, 0.05) is 6.92 Å². The first-order chi connectivity index (χ1) is 12.3. The van der Waals surface area contributed by atoms with Gasteiger partial charge in [-0.2, -0.15) is 0 Å². The highest BCUT2D eigenvalue weighted by Crippen LogP contribution is 2.32. The van der Waals surface area contributed by atoms with Crippen LogP contribution in [0.2, 0.25) is 0 Å². The second kappa shape index (κ2) is 8.45. The molecule has 0 N–H and O–H groups in total. The molecule has 0 radical (unpaired) electrons. The van der Waals surface area contributed by atoms with Crippen molar-refractivity contribution < 1.29 is 9.47 Å². The minimum absolute atomic E-state index is 0.142. The third kappa shape index (κ3) is 4.46. The van der Waals surface area contributed by atoms with Crippen molar-refractivity contribution in [1.82, 2.24) is 0 Å². The van der Waals surface area contributed by atoms with Crippen LogP contribution in [-0.4, -0.2) is 6.29 Å². The van der Waals surface area contributed by atoms with Crippen LogP contribution in [0.25, 0.3) is 0 Å². The summed E-state index contributed by atoms with van der Waals surface area (Å²) < 4.78 is 10.9. The topological polar surface area (TPSA) is 18.5 Å². The molecule has 0 spiro atoms. The van der Waals surface area contributed by atoms with E-state index >= 15 is 0 Å². The fraction of sp³-hybridized carbons (Fsp3) is 0.0909. The number of rotatable bonds is 7. The first kappa shape index (κ1) is 17.2. The Hall–Kier alpha value is -2.65. The van der Waals surface area contributed by atoms with Gasteiger partial charge in [0.2, 0.25) is 6.29 Å². The average Bonchev–Trinajstić information content (AvgIpc) is 2.65. The molecule has 25 heavy (non-hydrogen) atoms. The van der Waals surface area contributed by atoms with Crippen LogP contribution in [0.1, 0.15) is 6.92 Å². The molecule has 0 fully saturated rings. The monoisotopic (exact) mass is 349 g/mol. The van der Waals surface area contributed by atoms with Crippen LogP contribution in [0.5, 0.6) is 5.75 Å². The molecule has 3 aromatic rings. The maximum Gasteiger partial charge on any atom is 0.237 e. The second-order valence-electron chi connectivity index (χ2n) is 5.39. The molecular weight excluding hydrogens is 328 g/mol. The molecule has 3 aromatic carbocycles. The van der Waals surface area contributed by atoms with Crippen molar-refractivity contribution in [1.29, 1.82) is 0 Å². The van der Waals surface area contributed by atoms with E-state index in [4.69, 9.17) is 9.47 Å². The number of benzene rings is 3. The summed E-state index contributed by atoms with van der Waals surface area (Å²) in [6.07, 6.45) is 1.03. The van der Waals surface area contributed by atoms with E-state index in [9.17, 15) is 0 Å². The predicted molar refractivity (Wildman–Crippen MR) is 103 cm³/mol. The molecule has 126 valence electrons. The zero-order chi connectivity index (χ0) is 17.5. The quantitative estimate of drug-likeness (QED) is 0.311. The Balaban J connectivity index is 1.90. The average molecular weight is 349 g/mol. The van der Waals surface area contributed by atoms with E-state index in [1.54, 1.807) is 0 Å². The molecule has 0 aliphatic rings. The van der Waals surface area contributed by atoms with Crippen LogP contribution in [0.4, 0.5) is 0 Å². The lowest BCUT2D eigenvalue weighted by Gasteiger charge is -2.14. The SMILES string of the molecule is C=COC(C)Oc1ccc([S+](c2ccccc2)c2ccccc2)cc1. The van der Waals surface area contributed by atoms with Gasteiger partial charge in [0.05, 0.1) is 17.2 Å². The number of hydrogen-bond donors (Lipinski definition) is 0.